The average molecular weight is 448 g/mol. The third-order valence-corrected chi connectivity index (χ3v) is 7.36. The summed E-state index contributed by atoms with van der Waals surface area (Å²) in [4.78, 5) is 16.7. The number of fused-ring (bicyclic) bond motifs is 1. The van der Waals surface area contributed by atoms with Gasteiger partial charge in [0.15, 0.2) is 5.58 Å². The Labute approximate surface area is 178 Å². The van der Waals surface area contributed by atoms with E-state index in [0.717, 1.165) is 11.1 Å². The molecule has 0 aliphatic carbocycles. The van der Waals surface area contributed by atoms with Crippen LogP contribution in [0, 0.1) is 0 Å². The third kappa shape index (κ3) is 4.84. The maximum atomic E-state index is 12.6. The Balaban J connectivity index is 1.28. The van der Waals surface area contributed by atoms with Gasteiger partial charge in [0.2, 0.25) is 15.9 Å². The van der Waals surface area contributed by atoms with Crippen LogP contribution in [0.2, 0.25) is 0 Å². The fraction of sp³-hybridized carbons (Fsp3) is 0.300. The van der Waals surface area contributed by atoms with E-state index in [1.807, 2.05) is 24.3 Å². The summed E-state index contributed by atoms with van der Waals surface area (Å²) in [5.74, 6) is 0.0170. The number of aromatic nitrogens is 1. The first kappa shape index (κ1) is 20.9. The van der Waals surface area contributed by atoms with Crippen molar-refractivity contribution in [3.05, 3.63) is 54.1 Å². The van der Waals surface area contributed by atoms with Gasteiger partial charge in [-0.2, -0.15) is 4.31 Å². The summed E-state index contributed by atoms with van der Waals surface area (Å²) in [6.45, 7) is 1.84. The zero-order chi connectivity index (χ0) is 21.0. The van der Waals surface area contributed by atoms with Crippen molar-refractivity contribution in [2.45, 2.75) is 16.7 Å². The number of hydrogen-bond acceptors (Lipinski definition) is 7. The second-order valence-electron chi connectivity index (χ2n) is 6.67. The van der Waals surface area contributed by atoms with Crippen LogP contribution in [0.4, 0.5) is 0 Å². The van der Waals surface area contributed by atoms with Crippen molar-refractivity contribution < 1.29 is 22.4 Å². The number of nitrogens with zero attached hydrogens (tertiary/aromatic N) is 2. The van der Waals surface area contributed by atoms with Crippen molar-refractivity contribution in [3.63, 3.8) is 0 Å². The standard InChI is InChI=1S/C20H21N3O5S2/c24-19(14-29-20-22-17-3-1-2-4-18(17)28-20)21-13-15-5-7-16(8-6-15)30(25,26)23-9-11-27-12-10-23/h1-8H,9-14H2,(H,21,24). The number of nitrogens with one attached hydrogen (secondary N) is 1. The van der Waals surface area contributed by atoms with Crippen LogP contribution in [0.5, 0.6) is 0 Å². The fourth-order valence-corrected chi connectivity index (χ4v) is 5.08. The molecule has 1 fully saturated rings. The summed E-state index contributed by atoms with van der Waals surface area (Å²) >= 11 is 1.23. The van der Waals surface area contributed by atoms with E-state index in [1.54, 1.807) is 24.3 Å². The lowest BCUT2D eigenvalue weighted by molar-refractivity contribution is -0.118. The summed E-state index contributed by atoms with van der Waals surface area (Å²) in [5.41, 5.74) is 2.26. The number of morpholine rings is 1. The normalized spacial score (nSPS) is 15.3. The SMILES string of the molecule is O=C(CSc1nc2ccccc2o1)NCc1ccc(S(=O)(=O)N2CCOCC2)cc1. The molecule has 0 spiro atoms. The molecule has 1 amide bonds. The van der Waals surface area contributed by atoms with Crippen molar-refractivity contribution in [1.29, 1.82) is 0 Å². The summed E-state index contributed by atoms with van der Waals surface area (Å²) in [6.07, 6.45) is 0. The lowest BCUT2D eigenvalue weighted by Gasteiger charge is -2.26. The Bertz CT molecular complexity index is 1090. The van der Waals surface area contributed by atoms with Crippen molar-refractivity contribution >= 4 is 38.8 Å². The molecule has 4 rings (SSSR count). The quantitative estimate of drug-likeness (QED) is 0.554. The maximum absolute atomic E-state index is 12.6. The molecule has 8 nitrogen and oxygen atoms in total. The monoisotopic (exact) mass is 447 g/mol. The van der Waals surface area contributed by atoms with Crippen molar-refractivity contribution in [1.82, 2.24) is 14.6 Å². The first-order valence-electron chi connectivity index (χ1n) is 9.44. The van der Waals surface area contributed by atoms with Gasteiger partial charge in [0.25, 0.3) is 5.22 Å². The number of carbonyl (C=O) groups is 1. The maximum Gasteiger partial charge on any atom is 0.257 e. The minimum Gasteiger partial charge on any atom is -0.431 e. The van der Waals surface area contributed by atoms with Crippen LogP contribution in [0.1, 0.15) is 5.56 Å². The van der Waals surface area contributed by atoms with Crippen LogP contribution in [0.25, 0.3) is 11.1 Å². The van der Waals surface area contributed by atoms with E-state index < -0.39 is 10.0 Å². The average Bonchev–Trinajstić information content (AvgIpc) is 3.20. The molecular formula is C20H21N3O5S2. The summed E-state index contributed by atoms with van der Waals surface area (Å²) in [5, 5.41) is 3.27. The molecule has 30 heavy (non-hydrogen) atoms. The van der Waals surface area contributed by atoms with Crippen LogP contribution in [-0.2, 0) is 26.1 Å². The van der Waals surface area contributed by atoms with Gasteiger partial charge in [0, 0.05) is 19.6 Å². The number of benzene rings is 2. The van der Waals surface area contributed by atoms with Gasteiger partial charge in [-0.3, -0.25) is 4.79 Å². The van der Waals surface area contributed by atoms with Gasteiger partial charge in [-0.25, -0.2) is 13.4 Å². The minimum atomic E-state index is -3.52. The number of para-hydroxylation sites is 2. The Morgan fingerprint density at radius 1 is 1.10 bits per heavy atom. The predicted octanol–water partition coefficient (Wildman–Crippen LogP) is 2.26. The van der Waals surface area contributed by atoms with Crippen LogP contribution < -0.4 is 5.32 Å². The number of ether oxygens (including phenoxy) is 1. The van der Waals surface area contributed by atoms with Crippen molar-refractivity contribution in [3.8, 4) is 0 Å². The van der Waals surface area contributed by atoms with E-state index in [0.29, 0.717) is 43.7 Å². The molecule has 1 N–H and O–H groups in total. The molecule has 3 aromatic rings. The molecule has 0 bridgehead atoms. The molecular weight excluding hydrogens is 426 g/mol. The lowest BCUT2D eigenvalue weighted by Crippen LogP contribution is -2.40. The number of oxazole rings is 1. The highest BCUT2D eigenvalue weighted by Crippen LogP contribution is 2.23. The number of sulfonamides is 1. The van der Waals surface area contributed by atoms with Gasteiger partial charge in [0.05, 0.1) is 23.9 Å². The first-order chi connectivity index (χ1) is 14.5. The van der Waals surface area contributed by atoms with E-state index in [2.05, 4.69) is 10.3 Å². The van der Waals surface area contributed by atoms with Gasteiger partial charge in [0.1, 0.15) is 5.52 Å². The van der Waals surface area contributed by atoms with Gasteiger partial charge < -0.3 is 14.5 Å². The predicted molar refractivity (Wildman–Crippen MR) is 113 cm³/mol. The van der Waals surface area contributed by atoms with E-state index in [4.69, 9.17) is 9.15 Å². The minimum absolute atomic E-state index is 0.160. The molecule has 158 valence electrons. The van der Waals surface area contributed by atoms with Crippen LogP contribution in [0.15, 0.2) is 63.1 Å². The molecule has 2 heterocycles. The molecule has 1 aliphatic heterocycles. The molecule has 1 aromatic heterocycles. The molecule has 0 atom stereocenters. The van der Waals surface area contributed by atoms with Gasteiger partial charge in [-0.1, -0.05) is 36.0 Å². The molecule has 2 aromatic carbocycles. The Morgan fingerprint density at radius 2 is 1.83 bits per heavy atom. The second-order valence-corrected chi connectivity index (χ2v) is 9.54. The highest BCUT2D eigenvalue weighted by molar-refractivity contribution is 7.99. The first-order valence-corrected chi connectivity index (χ1v) is 11.9. The topological polar surface area (TPSA) is 102 Å². The van der Waals surface area contributed by atoms with Crippen molar-refractivity contribution in [2.75, 3.05) is 32.1 Å². The lowest BCUT2D eigenvalue weighted by atomic mass is 10.2. The third-order valence-electron chi connectivity index (χ3n) is 4.62. The number of thioether (sulfide) groups is 1. The number of amides is 1. The van der Waals surface area contributed by atoms with Gasteiger partial charge >= 0.3 is 0 Å². The Kier molecular flexibility index (Phi) is 6.38. The summed E-state index contributed by atoms with van der Waals surface area (Å²) < 4.78 is 37.5. The van der Waals surface area contributed by atoms with E-state index in [1.165, 1.54) is 16.1 Å². The summed E-state index contributed by atoms with van der Waals surface area (Å²) in [6, 6.07) is 14.0. The number of rotatable bonds is 7. The molecule has 0 radical (unpaired) electrons. The van der Waals surface area contributed by atoms with Crippen LogP contribution >= 0.6 is 11.8 Å². The molecule has 1 saturated heterocycles. The second kappa shape index (κ2) is 9.17. The van der Waals surface area contributed by atoms with Crippen molar-refractivity contribution in [2.24, 2.45) is 0 Å². The van der Waals surface area contributed by atoms with Gasteiger partial charge in [-0.15, -0.1) is 0 Å². The molecule has 0 saturated carbocycles. The van der Waals surface area contributed by atoms with E-state index >= 15 is 0 Å². The fourth-order valence-electron chi connectivity index (χ4n) is 3.01. The number of hydrogen-bond donors (Lipinski definition) is 1. The zero-order valence-electron chi connectivity index (χ0n) is 16.1. The highest BCUT2D eigenvalue weighted by Gasteiger charge is 2.26. The van der Waals surface area contributed by atoms with Gasteiger partial charge in [-0.05, 0) is 29.8 Å². The highest BCUT2D eigenvalue weighted by atomic mass is 32.2. The largest absolute Gasteiger partial charge is 0.431 e. The number of carbonyl (C=O) groups excluding carboxylic acids is 1. The Morgan fingerprint density at radius 3 is 2.57 bits per heavy atom. The van der Waals surface area contributed by atoms with E-state index in [9.17, 15) is 13.2 Å². The van der Waals surface area contributed by atoms with E-state index in [-0.39, 0.29) is 16.6 Å². The zero-order valence-corrected chi connectivity index (χ0v) is 17.7. The van der Waals surface area contributed by atoms with Crippen LogP contribution in [-0.4, -0.2) is 55.7 Å². The summed E-state index contributed by atoms with van der Waals surface area (Å²) in [7, 11) is -3.52. The molecule has 0 unspecified atom stereocenters. The Hall–Kier alpha value is -2.40. The molecule has 1 aliphatic rings. The smallest absolute Gasteiger partial charge is 0.257 e. The molecule has 10 heteroatoms. The van der Waals surface area contributed by atoms with Crippen LogP contribution in [0.3, 0.4) is 0 Å².